The number of pyridine rings is 1. The van der Waals surface area contributed by atoms with Crippen LogP contribution < -0.4 is 15.1 Å². The summed E-state index contributed by atoms with van der Waals surface area (Å²) in [5, 5.41) is 9.32. The Kier molecular flexibility index (Phi) is 5.02. The molecule has 3 heterocycles. The fourth-order valence-electron chi connectivity index (χ4n) is 3.08. The number of benzene rings is 1. The molecule has 2 aliphatic heterocycles. The molecule has 7 heteroatoms. The van der Waals surface area contributed by atoms with Crippen molar-refractivity contribution in [2.45, 2.75) is 25.9 Å². The minimum absolute atomic E-state index is 0.0212. The fourth-order valence-corrected chi connectivity index (χ4v) is 3.08. The number of amides is 1. The van der Waals surface area contributed by atoms with Crippen LogP contribution in [-0.4, -0.2) is 42.5 Å². The van der Waals surface area contributed by atoms with Crippen molar-refractivity contribution in [2.24, 2.45) is 5.10 Å². The van der Waals surface area contributed by atoms with E-state index in [1.54, 1.807) is 18.3 Å². The summed E-state index contributed by atoms with van der Waals surface area (Å²) in [6, 6.07) is 10.9. The van der Waals surface area contributed by atoms with Gasteiger partial charge in [0.2, 0.25) is 5.88 Å². The van der Waals surface area contributed by atoms with Crippen LogP contribution in [0.5, 0.6) is 5.88 Å². The molecule has 1 N–H and O–H groups in total. The van der Waals surface area contributed by atoms with Crippen molar-refractivity contribution >= 4 is 23.0 Å². The van der Waals surface area contributed by atoms with Crippen molar-refractivity contribution in [1.82, 2.24) is 4.98 Å². The molecule has 2 aliphatic rings. The number of nitrogens with one attached hydrogen (secondary N) is 1. The normalized spacial score (nSPS) is 19.1. The Morgan fingerprint density at radius 1 is 1.30 bits per heavy atom. The van der Waals surface area contributed by atoms with Gasteiger partial charge in [0.05, 0.1) is 18.9 Å². The molecule has 1 aromatic heterocycles. The van der Waals surface area contributed by atoms with Gasteiger partial charge in [0.1, 0.15) is 6.10 Å². The van der Waals surface area contributed by atoms with E-state index in [9.17, 15) is 4.79 Å². The predicted octanol–water partition coefficient (Wildman–Crippen LogP) is 3.09. The molecule has 0 saturated carbocycles. The van der Waals surface area contributed by atoms with Gasteiger partial charge in [0.15, 0.2) is 0 Å². The third-order valence-corrected chi connectivity index (χ3v) is 4.57. The SMILES string of the molecule is CC1=NN(c2ccc(C(=O)Nc3ccnc(O[C@@H]4CCOC4)c3)cc2)CC1. The molecule has 0 bridgehead atoms. The zero-order valence-corrected chi connectivity index (χ0v) is 15.2. The first-order chi connectivity index (χ1) is 13.2. The quantitative estimate of drug-likeness (QED) is 0.880. The molecule has 4 rings (SSSR count). The Morgan fingerprint density at radius 2 is 2.15 bits per heavy atom. The van der Waals surface area contributed by atoms with Gasteiger partial charge in [0.25, 0.3) is 5.91 Å². The molecule has 0 unspecified atom stereocenters. The van der Waals surface area contributed by atoms with E-state index in [1.165, 1.54) is 0 Å². The molecular formula is C20H22N4O3. The summed E-state index contributed by atoms with van der Waals surface area (Å²) < 4.78 is 11.1. The third kappa shape index (κ3) is 4.25. The number of hydrazone groups is 1. The highest BCUT2D eigenvalue weighted by Crippen LogP contribution is 2.21. The Hall–Kier alpha value is -2.93. The van der Waals surface area contributed by atoms with Gasteiger partial charge in [0, 0.05) is 48.6 Å². The number of nitrogens with zero attached hydrogens (tertiary/aromatic N) is 3. The van der Waals surface area contributed by atoms with Crippen molar-refractivity contribution < 1.29 is 14.3 Å². The third-order valence-electron chi connectivity index (χ3n) is 4.57. The molecule has 7 nitrogen and oxygen atoms in total. The Bertz CT molecular complexity index is 845. The van der Waals surface area contributed by atoms with Crippen LogP contribution in [0.3, 0.4) is 0 Å². The maximum absolute atomic E-state index is 12.5. The second-order valence-electron chi connectivity index (χ2n) is 6.70. The van der Waals surface area contributed by atoms with Crippen LogP contribution in [0.4, 0.5) is 11.4 Å². The molecule has 2 aromatic rings. The lowest BCUT2D eigenvalue weighted by Crippen LogP contribution is -2.17. The number of aromatic nitrogens is 1. The average Bonchev–Trinajstić information content (AvgIpc) is 3.34. The monoisotopic (exact) mass is 366 g/mol. The van der Waals surface area contributed by atoms with Crippen LogP contribution in [0.25, 0.3) is 0 Å². The number of ether oxygens (including phenoxy) is 2. The zero-order chi connectivity index (χ0) is 18.6. The number of carbonyl (C=O) groups is 1. The standard InChI is InChI=1S/C20H22N4O3/c1-14-7-10-24(23-14)17-4-2-15(3-5-17)20(25)22-16-6-9-21-19(12-16)27-18-8-11-26-13-18/h2-6,9,12,18H,7-8,10-11,13H2,1H3,(H,21,22,25)/t18-/m1/s1. The first-order valence-electron chi connectivity index (χ1n) is 9.11. The molecule has 27 heavy (non-hydrogen) atoms. The Labute approximate surface area is 158 Å². The van der Waals surface area contributed by atoms with E-state index in [2.05, 4.69) is 15.4 Å². The lowest BCUT2D eigenvalue weighted by atomic mass is 10.2. The van der Waals surface area contributed by atoms with Gasteiger partial charge < -0.3 is 14.8 Å². The van der Waals surface area contributed by atoms with E-state index in [4.69, 9.17) is 9.47 Å². The summed E-state index contributed by atoms with van der Waals surface area (Å²) in [5.74, 6) is 0.310. The highest BCUT2D eigenvalue weighted by atomic mass is 16.5. The molecule has 140 valence electrons. The van der Waals surface area contributed by atoms with Crippen LogP contribution >= 0.6 is 0 Å². The minimum atomic E-state index is -0.177. The van der Waals surface area contributed by atoms with Crippen LogP contribution in [0.15, 0.2) is 47.7 Å². The van der Waals surface area contributed by atoms with E-state index < -0.39 is 0 Å². The number of hydrogen-bond donors (Lipinski definition) is 1. The average molecular weight is 366 g/mol. The maximum atomic E-state index is 12.5. The largest absolute Gasteiger partial charge is 0.472 e. The molecule has 0 radical (unpaired) electrons. The predicted molar refractivity (Wildman–Crippen MR) is 104 cm³/mol. The molecule has 1 aromatic carbocycles. The summed E-state index contributed by atoms with van der Waals surface area (Å²) in [4.78, 5) is 16.7. The number of anilines is 2. The minimum Gasteiger partial charge on any atom is -0.472 e. The van der Waals surface area contributed by atoms with Gasteiger partial charge in [-0.05, 0) is 37.3 Å². The van der Waals surface area contributed by atoms with Crippen LogP contribution in [0.1, 0.15) is 30.1 Å². The smallest absolute Gasteiger partial charge is 0.255 e. The van der Waals surface area contributed by atoms with Crippen molar-refractivity contribution in [2.75, 3.05) is 30.1 Å². The van der Waals surface area contributed by atoms with Crippen molar-refractivity contribution in [3.8, 4) is 5.88 Å². The second kappa shape index (κ2) is 7.75. The van der Waals surface area contributed by atoms with Crippen LogP contribution in [-0.2, 0) is 4.74 Å². The first kappa shape index (κ1) is 17.5. The number of rotatable bonds is 5. The molecular weight excluding hydrogens is 344 g/mol. The van der Waals surface area contributed by atoms with Gasteiger partial charge in [-0.1, -0.05) is 0 Å². The summed E-state index contributed by atoms with van der Waals surface area (Å²) in [6.45, 7) is 4.18. The van der Waals surface area contributed by atoms with Crippen molar-refractivity contribution in [3.05, 3.63) is 48.2 Å². The molecule has 1 fully saturated rings. The molecule has 1 atom stereocenters. The second-order valence-corrected chi connectivity index (χ2v) is 6.70. The topological polar surface area (TPSA) is 76.1 Å². The first-order valence-corrected chi connectivity index (χ1v) is 9.11. The van der Waals surface area contributed by atoms with Gasteiger partial charge >= 0.3 is 0 Å². The number of hydrogen-bond acceptors (Lipinski definition) is 6. The van der Waals surface area contributed by atoms with Gasteiger partial charge in [-0.2, -0.15) is 5.10 Å². The summed E-state index contributed by atoms with van der Waals surface area (Å²) >= 11 is 0. The Balaban J connectivity index is 1.40. The van der Waals surface area contributed by atoms with Gasteiger partial charge in [-0.3, -0.25) is 9.80 Å². The lowest BCUT2D eigenvalue weighted by Gasteiger charge is -2.14. The maximum Gasteiger partial charge on any atom is 0.255 e. The molecule has 1 amide bonds. The van der Waals surface area contributed by atoms with Gasteiger partial charge in [-0.15, -0.1) is 0 Å². The highest BCUT2D eigenvalue weighted by Gasteiger charge is 2.18. The fraction of sp³-hybridized carbons (Fsp3) is 0.350. The molecule has 0 spiro atoms. The van der Waals surface area contributed by atoms with E-state index in [0.29, 0.717) is 30.3 Å². The number of carbonyl (C=O) groups excluding carboxylic acids is 1. The van der Waals surface area contributed by atoms with E-state index in [1.807, 2.05) is 36.2 Å². The Morgan fingerprint density at radius 3 is 2.85 bits per heavy atom. The van der Waals surface area contributed by atoms with E-state index in [0.717, 1.165) is 30.8 Å². The van der Waals surface area contributed by atoms with Gasteiger partial charge in [-0.25, -0.2) is 4.98 Å². The zero-order valence-electron chi connectivity index (χ0n) is 15.2. The summed E-state index contributed by atoms with van der Waals surface area (Å²) in [5.41, 5.74) is 3.34. The van der Waals surface area contributed by atoms with Crippen LogP contribution in [0.2, 0.25) is 0 Å². The van der Waals surface area contributed by atoms with Crippen LogP contribution in [0, 0.1) is 0 Å². The molecule has 0 aliphatic carbocycles. The molecule has 1 saturated heterocycles. The van der Waals surface area contributed by atoms with Crippen molar-refractivity contribution in [3.63, 3.8) is 0 Å². The highest BCUT2D eigenvalue weighted by molar-refractivity contribution is 6.04. The van der Waals surface area contributed by atoms with E-state index in [-0.39, 0.29) is 12.0 Å². The summed E-state index contributed by atoms with van der Waals surface area (Å²) in [7, 11) is 0. The van der Waals surface area contributed by atoms with E-state index >= 15 is 0 Å². The lowest BCUT2D eigenvalue weighted by molar-refractivity contribution is 0.102. The summed E-state index contributed by atoms with van der Waals surface area (Å²) in [6.07, 6.45) is 3.47. The van der Waals surface area contributed by atoms with Crippen molar-refractivity contribution in [1.29, 1.82) is 0 Å².